The van der Waals surface area contributed by atoms with Crippen molar-refractivity contribution >= 4 is 33.5 Å². The van der Waals surface area contributed by atoms with Gasteiger partial charge in [0, 0.05) is 16.6 Å². The molecule has 0 aliphatic carbocycles. The zero-order chi connectivity index (χ0) is 20.1. The molecule has 0 radical (unpaired) electrons. The lowest BCUT2D eigenvalue weighted by molar-refractivity contribution is 0.475. The highest BCUT2D eigenvalue weighted by molar-refractivity contribution is 9.10. The Morgan fingerprint density at radius 1 is 0.897 bits per heavy atom. The zero-order valence-corrected chi connectivity index (χ0v) is 16.9. The maximum absolute atomic E-state index is 9.48. The smallest absolute Gasteiger partial charge is 0.232 e. The number of nitrogens with one attached hydrogen (secondary N) is 2. The van der Waals surface area contributed by atoms with Crippen LogP contribution in [0.3, 0.4) is 0 Å². The zero-order valence-electron chi connectivity index (χ0n) is 15.3. The molecule has 0 aliphatic heterocycles. The summed E-state index contributed by atoms with van der Waals surface area (Å²) in [6.07, 6.45) is 2.13. The van der Waals surface area contributed by atoms with E-state index in [4.69, 9.17) is 4.42 Å². The van der Waals surface area contributed by atoms with Gasteiger partial charge >= 0.3 is 0 Å². The minimum Gasteiger partial charge on any atom is -0.508 e. The Labute approximate surface area is 176 Å². The highest BCUT2D eigenvalue weighted by atomic mass is 79.9. The van der Waals surface area contributed by atoms with E-state index in [9.17, 15) is 5.11 Å². The molecule has 2 aromatic carbocycles. The van der Waals surface area contributed by atoms with E-state index in [-0.39, 0.29) is 5.75 Å². The summed E-state index contributed by atoms with van der Waals surface area (Å²) < 4.78 is 6.35. The third-order valence-electron chi connectivity index (χ3n) is 4.08. The maximum atomic E-state index is 9.48. The molecule has 4 aromatic rings. The van der Waals surface area contributed by atoms with Crippen LogP contribution in [0.15, 0.2) is 75.8 Å². The molecule has 0 aliphatic rings. The van der Waals surface area contributed by atoms with Crippen molar-refractivity contribution in [1.82, 2.24) is 15.0 Å². The number of phenols is 1. The van der Waals surface area contributed by atoms with Gasteiger partial charge in [-0.15, -0.1) is 0 Å². The molecule has 8 heteroatoms. The van der Waals surface area contributed by atoms with Gasteiger partial charge in [-0.05, 0) is 54.1 Å². The number of nitrogens with zero attached hydrogens (tertiary/aromatic N) is 3. The Bertz CT molecular complexity index is 1000. The maximum Gasteiger partial charge on any atom is 0.232 e. The molecule has 0 saturated heterocycles. The van der Waals surface area contributed by atoms with Crippen molar-refractivity contribution in [3.05, 3.63) is 88.5 Å². The minimum atomic E-state index is 0.225. The molecule has 0 saturated carbocycles. The number of aromatic nitrogens is 3. The highest BCUT2D eigenvalue weighted by Crippen LogP contribution is 2.19. The van der Waals surface area contributed by atoms with Crippen LogP contribution in [-0.2, 0) is 13.0 Å². The molecular weight excluding hydrogens is 434 g/mol. The number of halogens is 1. The van der Waals surface area contributed by atoms with Crippen LogP contribution < -0.4 is 10.6 Å². The van der Waals surface area contributed by atoms with Crippen LogP contribution >= 0.6 is 15.9 Å². The summed E-state index contributed by atoms with van der Waals surface area (Å²) in [5, 5.41) is 15.9. The van der Waals surface area contributed by atoms with Crippen LogP contribution in [0.4, 0.5) is 17.6 Å². The van der Waals surface area contributed by atoms with Gasteiger partial charge in [-0.2, -0.15) is 15.0 Å². The van der Waals surface area contributed by atoms with E-state index in [1.165, 1.54) is 0 Å². The van der Waals surface area contributed by atoms with Crippen molar-refractivity contribution in [3.8, 4) is 5.75 Å². The third-order valence-corrected chi connectivity index (χ3v) is 4.61. The van der Waals surface area contributed by atoms with Crippen molar-refractivity contribution in [1.29, 1.82) is 0 Å². The fourth-order valence-corrected chi connectivity index (χ4v) is 2.94. The quantitative estimate of drug-likeness (QED) is 0.368. The first-order valence-corrected chi connectivity index (χ1v) is 9.75. The van der Waals surface area contributed by atoms with Gasteiger partial charge in [0.25, 0.3) is 0 Å². The van der Waals surface area contributed by atoms with Gasteiger partial charge < -0.3 is 20.2 Å². The van der Waals surface area contributed by atoms with E-state index in [0.717, 1.165) is 21.5 Å². The molecule has 0 unspecified atom stereocenters. The molecule has 3 N–H and O–H groups in total. The van der Waals surface area contributed by atoms with Gasteiger partial charge in [0.2, 0.25) is 11.9 Å². The molecule has 4 rings (SSSR count). The minimum absolute atomic E-state index is 0.225. The molecule has 0 fully saturated rings. The molecule has 29 heavy (non-hydrogen) atoms. The summed E-state index contributed by atoms with van der Waals surface area (Å²) in [6.45, 7) is 0.466. The number of aromatic hydroxyl groups is 1. The van der Waals surface area contributed by atoms with Crippen molar-refractivity contribution < 1.29 is 9.52 Å². The first-order valence-electron chi connectivity index (χ1n) is 8.96. The topological polar surface area (TPSA) is 96.1 Å². The van der Waals surface area contributed by atoms with Crippen LogP contribution in [0.2, 0.25) is 0 Å². The van der Waals surface area contributed by atoms with Crippen LogP contribution in [0, 0.1) is 0 Å². The Morgan fingerprint density at radius 2 is 1.66 bits per heavy atom. The van der Waals surface area contributed by atoms with Gasteiger partial charge in [0.05, 0.1) is 12.8 Å². The Kier molecular flexibility index (Phi) is 5.71. The van der Waals surface area contributed by atoms with Crippen molar-refractivity contribution in [2.24, 2.45) is 0 Å². The lowest BCUT2D eigenvalue weighted by Gasteiger charge is -2.10. The first kappa shape index (κ1) is 18.9. The summed E-state index contributed by atoms with van der Waals surface area (Å²) in [5.41, 5.74) is 1.85. The lowest BCUT2D eigenvalue weighted by Crippen LogP contribution is -2.10. The standard InChI is InChI=1S/C21H18BrN5O2/c22-15-5-7-16(8-6-15)24-21-26-19(12-14-3-9-17(28)10-4-14)25-20(27-21)23-13-18-2-1-11-29-18/h1-11,28H,12-13H2,(H2,23,24,25,26,27). The van der Waals surface area contributed by atoms with Gasteiger partial charge in [0.15, 0.2) is 0 Å². The predicted molar refractivity (Wildman–Crippen MR) is 114 cm³/mol. The van der Waals surface area contributed by atoms with E-state index < -0.39 is 0 Å². The predicted octanol–water partition coefficient (Wildman–Crippen LogP) is 4.88. The first-order chi connectivity index (χ1) is 14.1. The summed E-state index contributed by atoms with van der Waals surface area (Å²) >= 11 is 3.43. The van der Waals surface area contributed by atoms with Gasteiger partial charge in [-0.3, -0.25) is 0 Å². The lowest BCUT2D eigenvalue weighted by atomic mass is 10.1. The van der Waals surface area contributed by atoms with E-state index in [2.05, 4.69) is 41.5 Å². The van der Waals surface area contributed by atoms with Crippen LogP contribution in [0.1, 0.15) is 17.1 Å². The number of benzene rings is 2. The van der Waals surface area contributed by atoms with Crippen LogP contribution in [0.25, 0.3) is 0 Å². The molecule has 0 atom stereocenters. The van der Waals surface area contributed by atoms with E-state index in [1.54, 1.807) is 18.4 Å². The van der Waals surface area contributed by atoms with E-state index in [1.807, 2.05) is 48.5 Å². The third kappa shape index (κ3) is 5.32. The van der Waals surface area contributed by atoms with E-state index in [0.29, 0.717) is 30.7 Å². The van der Waals surface area contributed by atoms with Crippen molar-refractivity contribution in [2.75, 3.05) is 10.6 Å². The monoisotopic (exact) mass is 451 g/mol. The second kappa shape index (κ2) is 8.74. The molecule has 2 heterocycles. The molecule has 0 amide bonds. The van der Waals surface area contributed by atoms with Crippen LogP contribution in [0.5, 0.6) is 5.75 Å². The Balaban J connectivity index is 1.58. The largest absolute Gasteiger partial charge is 0.508 e. The second-order valence-corrected chi connectivity index (χ2v) is 7.22. The number of furan rings is 1. The van der Waals surface area contributed by atoms with Crippen LogP contribution in [-0.4, -0.2) is 20.1 Å². The average molecular weight is 452 g/mol. The summed E-state index contributed by atoms with van der Waals surface area (Å²) in [6, 6.07) is 18.4. The number of phenolic OH excluding ortho intramolecular Hbond substituents is 1. The molecule has 146 valence electrons. The Morgan fingerprint density at radius 3 is 2.38 bits per heavy atom. The average Bonchev–Trinajstić information content (AvgIpc) is 3.24. The summed E-state index contributed by atoms with van der Waals surface area (Å²) in [5.74, 6) is 2.51. The fourth-order valence-electron chi connectivity index (χ4n) is 2.67. The molecule has 7 nitrogen and oxygen atoms in total. The number of hydrogen-bond acceptors (Lipinski definition) is 7. The second-order valence-electron chi connectivity index (χ2n) is 6.31. The number of rotatable bonds is 7. The number of anilines is 3. The summed E-state index contributed by atoms with van der Waals surface area (Å²) in [4.78, 5) is 13.5. The molecule has 2 aromatic heterocycles. The normalized spacial score (nSPS) is 10.7. The van der Waals surface area contributed by atoms with Gasteiger partial charge in [0.1, 0.15) is 17.3 Å². The van der Waals surface area contributed by atoms with E-state index >= 15 is 0 Å². The fraction of sp³-hybridized carbons (Fsp3) is 0.0952. The molecule has 0 spiro atoms. The summed E-state index contributed by atoms with van der Waals surface area (Å²) in [7, 11) is 0. The van der Waals surface area contributed by atoms with Crippen molar-refractivity contribution in [2.45, 2.75) is 13.0 Å². The molecule has 0 bridgehead atoms. The highest BCUT2D eigenvalue weighted by Gasteiger charge is 2.09. The van der Waals surface area contributed by atoms with Gasteiger partial charge in [-0.25, -0.2) is 0 Å². The van der Waals surface area contributed by atoms with Gasteiger partial charge in [-0.1, -0.05) is 28.1 Å². The van der Waals surface area contributed by atoms with Crippen molar-refractivity contribution in [3.63, 3.8) is 0 Å². The SMILES string of the molecule is Oc1ccc(Cc2nc(NCc3ccco3)nc(Nc3ccc(Br)cc3)n2)cc1. The Hall–Kier alpha value is -3.39. The number of hydrogen-bond donors (Lipinski definition) is 3. The molecular formula is C21H18BrN5O2.